The van der Waals surface area contributed by atoms with Crippen molar-refractivity contribution in [2.24, 2.45) is 17.8 Å². The molecule has 2 bridgehead atoms. The Balaban J connectivity index is 1.69. The summed E-state index contributed by atoms with van der Waals surface area (Å²) in [6, 6.07) is 8.51. The highest BCUT2D eigenvalue weighted by molar-refractivity contribution is 8.02. The molecule has 7 nitrogen and oxygen atoms in total. The Labute approximate surface area is 212 Å². The van der Waals surface area contributed by atoms with E-state index in [4.69, 9.17) is 0 Å². The Hall–Kier alpha value is -2.06. The Morgan fingerprint density at radius 2 is 1.83 bits per heavy atom. The van der Waals surface area contributed by atoms with Crippen LogP contribution in [0.15, 0.2) is 30.3 Å². The van der Waals surface area contributed by atoms with Crippen LogP contribution in [0.2, 0.25) is 0 Å². The largest absolute Gasteiger partial charge is 0.394 e. The summed E-state index contributed by atoms with van der Waals surface area (Å²) in [4.78, 5) is 43.0. The lowest BCUT2D eigenvalue weighted by Crippen LogP contribution is -2.57. The monoisotopic (exact) mass is 501 g/mol. The number of carbonyl (C=O) groups is 3. The van der Waals surface area contributed by atoms with Gasteiger partial charge in [-0.3, -0.25) is 14.4 Å². The first-order valence-electron chi connectivity index (χ1n) is 12.8. The fraction of sp³-hybridized carbons (Fsp3) is 0.667. The number of rotatable bonds is 9. The van der Waals surface area contributed by atoms with Crippen LogP contribution in [-0.4, -0.2) is 62.0 Å². The van der Waals surface area contributed by atoms with E-state index in [2.05, 4.69) is 17.6 Å². The van der Waals surface area contributed by atoms with E-state index in [-0.39, 0.29) is 36.3 Å². The second kappa shape index (κ2) is 9.77. The smallest absolute Gasteiger partial charge is 0.244 e. The molecule has 3 saturated heterocycles. The van der Waals surface area contributed by atoms with Crippen LogP contribution in [0.4, 0.5) is 0 Å². The second-order valence-electron chi connectivity index (χ2n) is 11.3. The number of hydrogen-bond donors (Lipinski definition) is 3. The summed E-state index contributed by atoms with van der Waals surface area (Å²) in [6.45, 7) is 10.2. The number of fused-ring (bicyclic) bond motifs is 1. The predicted molar refractivity (Wildman–Crippen MR) is 137 cm³/mol. The highest BCUT2D eigenvalue weighted by Crippen LogP contribution is 2.71. The standard InChI is InChI=1S/C27H39N3O4S/c1-16(2)13-19(15-31)30-22(24(33)29-17(3)4)27-12-11-26(5,35-27)20(21(27)25(30)34)23(32)28-14-18-9-7-6-8-10-18/h6-10,16-17,19-22,31H,11-15H2,1-5H3,(H,28,32)(H,29,33)/t19-,20+,21+,22?,26-,27?/m1/s1. The molecule has 3 aliphatic heterocycles. The van der Waals surface area contributed by atoms with Crippen molar-refractivity contribution < 1.29 is 19.5 Å². The first kappa shape index (κ1) is 26.0. The van der Waals surface area contributed by atoms with Crippen LogP contribution < -0.4 is 10.6 Å². The SMILES string of the molecule is CC(C)C[C@H](CO)N1C(=O)[C@@H]2[C@@H](C(=O)NCc3ccccc3)[C@@]3(C)CCC2(S3)C1C(=O)NC(C)C. The van der Waals surface area contributed by atoms with Crippen LogP contribution in [0.25, 0.3) is 0 Å². The molecule has 3 heterocycles. The van der Waals surface area contributed by atoms with Crippen molar-refractivity contribution in [2.45, 2.75) is 88.0 Å². The molecule has 1 aromatic rings. The molecule has 6 atom stereocenters. The van der Waals surface area contributed by atoms with E-state index in [1.54, 1.807) is 16.7 Å². The maximum Gasteiger partial charge on any atom is 0.244 e. The average Bonchev–Trinajstić information content (AvgIpc) is 3.36. The van der Waals surface area contributed by atoms with E-state index < -0.39 is 33.4 Å². The zero-order valence-electron chi connectivity index (χ0n) is 21.4. The van der Waals surface area contributed by atoms with Crippen LogP contribution in [0.3, 0.4) is 0 Å². The average molecular weight is 502 g/mol. The molecular weight excluding hydrogens is 462 g/mol. The number of thioether (sulfide) groups is 1. The fourth-order valence-corrected chi connectivity index (χ4v) is 8.88. The van der Waals surface area contributed by atoms with Gasteiger partial charge in [0.05, 0.1) is 29.2 Å². The van der Waals surface area contributed by atoms with Gasteiger partial charge < -0.3 is 20.6 Å². The van der Waals surface area contributed by atoms with Gasteiger partial charge in [0.25, 0.3) is 0 Å². The molecule has 3 N–H and O–H groups in total. The van der Waals surface area contributed by atoms with Crippen LogP contribution in [0, 0.1) is 17.8 Å². The number of likely N-dealkylation sites (tertiary alicyclic amines) is 1. The fourth-order valence-electron chi connectivity index (χ4n) is 6.54. The number of amides is 3. The van der Waals surface area contributed by atoms with Gasteiger partial charge in [0, 0.05) is 17.3 Å². The molecule has 8 heteroatoms. The zero-order valence-corrected chi connectivity index (χ0v) is 22.2. The van der Waals surface area contributed by atoms with Crippen molar-refractivity contribution in [2.75, 3.05) is 6.61 Å². The lowest BCUT2D eigenvalue weighted by atomic mass is 9.66. The number of benzene rings is 1. The van der Waals surface area contributed by atoms with E-state index in [1.807, 2.05) is 58.0 Å². The van der Waals surface area contributed by atoms with Crippen LogP contribution in [0.1, 0.15) is 59.4 Å². The molecule has 0 radical (unpaired) electrons. The normalized spacial score (nSPS) is 32.3. The maximum absolute atomic E-state index is 14.1. The van der Waals surface area contributed by atoms with E-state index in [1.165, 1.54) is 0 Å². The second-order valence-corrected chi connectivity index (χ2v) is 13.2. The predicted octanol–water partition coefficient (Wildman–Crippen LogP) is 2.72. The molecule has 3 amide bonds. The van der Waals surface area contributed by atoms with Crippen molar-refractivity contribution in [1.82, 2.24) is 15.5 Å². The first-order chi connectivity index (χ1) is 16.5. The molecule has 3 aliphatic rings. The Bertz CT molecular complexity index is 970. The van der Waals surface area contributed by atoms with E-state index in [0.717, 1.165) is 12.0 Å². The summed E-state index contributed by atoms with van der Waals surface area (Å²) in [5.41, 5.74) is 1.00. The highest BCUT2D eigenvalue weighted by Gasteiger charge is 2.77. The lowest BCUT2D eigenvalue weighted by molar-refractivity contribution is -0.143. The Kier molecular flexibility index (Phi) is 7.26. The van der Waals surface area contributed by atoms with E-state index in [0.29, 0.717) is 19.4 Å². The number of aliphatic hydroxyl groups excluding tert-OH is 1. The molecule has 1 aromatic carbocycles. The van der Waals surface area contributed by atoms with Gasteiger partial charge in [0.1, 0.15) is 6.04 Å². The molecule has 1 spiro atoms. The summed E-state index contributed by atoms with van der Waals surface area (Å²) in [5.74, 6) is -1.32. The van der Waals surface area contributed by atoms with Gasteiger partial charge in [0.2, 0.25) is 17.7 Å². The number of hydrogen-bond acceptors (Lipinski definition) is 5. The van der Waals surface area contributed by atoms with Gasteiger partial charge in [-0.2, -0.15) is 0 Å². The summed E-state index contributed by atoms with van der Waals surface area (Å²) in [5, 5.41) is 16.4. The Morgan fingerprint density at radius 1 is 1.14 bits per heavy atom. The molecule has 4 rings (SSSR count). The van der Waals surface area contributed by atoms with Crippen molar-refractivity contribution in [3.05, 3.63) is 35.9 Å². The van der Waals surface area contributed by atoms with Gasteiger partial charge >= 0.3 is 0 Å². The molecule has 35 heavy (non-hydrogen) atoms. The molecule has 2 unspecified atom stereocenters. The summed E-state index contributed by atoms with van der Waals surface area (Å²) in [6.07, 6.45) is 2.08. The van der Waals surface area contributed by atoms with Crippen molar-refractivity contribution in [3.63, 3.8) is 0 Å². The molecule has 3 fully saturated rings. The topological polar surface area (TPSA) is 98.7 Å². The molecule has 192 valence electrons. The molecule has 0 saturated carbocycles. The minimum Gasteiger partial charge on any atom is -0.394 e. The third-order valence-electron chi connectivity index (χ3n) is 7.83. The van der Waals surface area contributed by atoms with Crippen LogP contribution >= 0.6 is 11.8 Å². The molecule has 0 aliphatic carbocycles. The van der Waals surface area contributed by atoms with Crippen LogP contribution in [0.5, 0.6) is 0 Å². The van der Waals surface area contributed by atoms with Crippen molar-refractivity contribution in [3.8, 4) is 0 Å². The quantitative estimate of drug-likeness (QED) is 0.483. The van der Waals surface area contributed by atoms with Crippen molar-refractivity contribution >= 4 is 29.5 Å². The van der Waals surface area contributed by atoms with E-state index in [9.17, 15) is 19.5 Å². The third kappa shape index (κ3) is 4.48. The third-order valence-corrected chi connectivity index (χ3v) is 9.82. The van der Waals surface area contributed by atoms with Crippen molar-refractivity contribution in [1.29, 1.82) is 0 Å². The summed E-state index contributed by atoms with van der Waals surface area (Å²) < 4.78 is -1.07. The highest BCUT2D eigenvalue weighted by atomic mass is 32.2. The minimum atomic E-state index is -0.697. The van der Waals surface area contributed by atoms with Gasteiger partial charge in [-0.25, -0.2) is 0 Å². The first-order valence-corrected chi connectivity index (χ1v) is 13.6. The van der Waals surface area contributed by atoms with Crippen LogP contribution in [-0.2, 0) is 20.9 Å². The van der Waals surface area contributed by atoms with Gasteiger partial charge in [0.15, 0.2) is 0 Å². The van der Waals surface area contributed by atoms with Gasteiger partial charge in [-0.1, -0.05) is 44.2 Å². The number of nitrogens with one attached hydrogen (secondary N) is 2. The van der Waals surface area contributed by atoms with Gasteiger partial charge in [-0.05, 0) is 51.5 Å². The zero-order chi connectivity index (χ0) is 25.5. The Morgan fingerprint density at radius 3 is 2.43 bits per heavy atom. The van der Waals surface area contributed by atoms with E-state index >= 15 is 0 Å². The summed E-state index contributed by atoms with van der Waals surface area (Å²) in [7, 11) is 0. The number of nitrogens with zero attached hydrogens (tertiary/aromatic N) is 1. The minimum absolute atomic E-state index is 0.0725. The lowest BCUT2D eigenvalue weighted by Gasteiger charge is -2.38. The number of aliphatic hydroxyl groups is 1. The van der Waals surface area contributed by atoms with Gasteiger partial charge in [-0.15, -0.1) is 11.8 Å². The molecule has 0 aromatic heterocycles. The number of carbonyl (C=O) groups excluding carboxylic acids is 3. The maximum atomic E-state index is 14.1. The molecular formula is C27H39N3O4S. The summed E-state index contributed by atoms with van der Waals surface area (Å²) >= 11 is 1.66.